The molecule has 0 unspecified atom stereocenters. The first-order chi connectivity index (χ1) is 9.01. The van der Waals surface area contributed by atoms with Crippen molar-refractivity contribution in [3.8, 4) is 11.6 Å². The van der Waals surface area contributed by atoms with Crippen LogP contribution in [0.5, 0.6) is 11.6 Å². The number of aryl methyl sites for hydroxylation is 3. The minimum Gasteiger partial charge on any atom is -0.435 e. The van der Waals surface area contributed by atoms with Gasteiger partial charge in [-0.15, -0.1) is 0 Å². The zero-order valence-electron chi connectivity index (χ0n) is 12.0. The molecule has 0 atom stereocenters. The van der Waals surface area contributed by atoms with Crippen LogP contribution < -0.4 is 10.1 Å². The number of hydrogen-bond donors (Lipinski definition) is 1. The van der Waals surface area contributed by atoms with Crippen LogP contribution in [0.2, 0.25) is 0 Å². The maximum atomic E-state index is 5.85. The number of aromatic nitrogens is 4. The molecule has 19 heavy (non-hydrogen) atoms. The Bertz CT molecular complexity index is 591. The van der Waals surface area contributed by atoms with Gasteiger partial charge in [-0.3, -0.25) is 4.68 Å². The minimum atomic E-state index is 0.530. The van der Waals surface area contributed by atoms with E-state index in [9.17, 15) is 0 Å². The summed E-state index contributed by atoms with van der Waals surface area (Å²) in [6.45, 7) is 8.56. The van der Waals surface area contributed by atoms with Crippen LogP contribution in [0.15, 0.2) is 6.07 Å². The van der Waals surface area contributed by atoms with Gasteiger partial charge in [0.2, 0.25) is 5.88 Å². The topological polar surface area (TPSA) is 64.9 Å². The number of nitrogens with one attached hydrogen (secondary N) is 1. The van der Waals surface area contributed by atoms with Crippen LogP contribution >= 0.6 is 0 Å². The molecular formula is C13H19N5O. The Kier molecular flexibility index (Phi) is 3.69. The summed E-state index contributed by atoms with van der Waals surface area (Å²) in [6, 6.07) is 1.79. The van der Waals surface area contributed by atoms with Gasteiger partial charge in [0, 0.05) is 19.7 Å². The van der Waals surface area contributed by atoms with Crippen molar-refractivity contribution in [2.24, 2.45) is 7.05 Å². The Morgan fingerprint density at radius 1 is 1.26 bits per heavy atom. The molecule has 1 N–H and O–H groups in total. The van der Waals surface area contributed by atoms with Gasteiger partial charge < -0.3 is 10.1 Å². The summed E-state index contributed by atoms with van der Waals surface area (Å²) in [7, 11) is 1.89. The normalized spacial score (nSPS) is 10.6. The summed E-state index contributed by atoms with van der Waals surface area (Å²) in [4.78, 5) is 8.58. The smallest absolute Gasteiger partial charge is 0.224 e. The molecule has 6 nitrogen and oxygen atoms in total. The maximum Gasteiger partial charge on any atom is 0.224 e. The standard InChI is InChI=1S/C13H19N5O/c1-6-14-11-7-12(16-10(4)15-11)19-13-8(2)17-18(5)9(13)3/h7H,6H2,1-5H3,(H,14,15,16). The Morgan fingerprint density at radius 2 is 2.00 bits per heavy atom. The number of rotatable bonds is 4. The van der Waals surface area contributed by atoms with Gasteiger partial charge in [-0.2, -0.15) is 10.1 Å². The van der Waals surface area contributed by atoms with Crippen molar-refractivity contribution in [3.05, 3.63) is 23.3 Å². The first-order valence-corrected chi connectivity index (χ1v) is 6.29. The van der Waals surface area contributed by atoms with Crippen LogP contribution in [0.4, 0.5) is 5.82 Å². The highest BCUT2D eigenvalue weighted by atomic mass is 16.5. The van der Waals surface area contributed by atoms with Crippen molar-refractivity contribution in [3.63, 3.8) is 0 Å². The highest BCUT2D eigenvalue weighted by Gasteiger charge is 2.13. The van der Waals surface area contributed by atoms with Crippen molar-refractivity contribution >= 4 is 5.82 Å². The van der Waals surface area contributed by atoms with Crippen molar-refractivity contribution in [2.45, 2.75) is 27.7 Å². The van der Waals surface area contributed by atoms with Crippen LogP contribution in [-0.2, 0) is 7.05 Å². The van der Waals surface area contributed by atoms with E-state index in [1.807, 2.05) is 34.7 Å². The SMILES string of the molecule is CCNc1cc(Oc2c(C)nn(C)c2C)nc(C)n1. The lowest BCUT2D eigenvalue weighted by molar-refractivity contribution is 0.452. The molecule has 0 fully saturated rings. The summed E-state index contributed by atoms with van der Waals surface area (Å²) in [6.07, 6.45) is 0. The van der Waals surface area contributed by atoms with Crippen molar-refractivity contribution < 1.29 is 4.74 Å². The second-order valence-corrected chi connectivity index (χ2v) is 4.39. The summed E-state index contributed by atoms with van der Waals surface area (Å²) >= 11 is 0. The van der Waals surface area contributed by atoms with E-state index in [1.165, 1.54) is 0 Å². The highest BCUT2D eigenvalue weighted by Crippen LogP contribution is 2.27. The van der Waals surface area contributed by atoms with Gasteiger partial charge in [-0.25, -0.2) is 4.98 Å². The predicted octanol–water partition coefficient (Wildman–Crippen LogP) is 2.36. The summed E-state index contributed by atoms with van der Waals surface area (Å²) < 4.78 is 7.65. The molecule has 0 aliphatic rings. The predicted molar refractivity (Wildman–Crippen MR) is 73.7 cm³/mol. The van der Waals surface area contributed by atoms with Crippen molar-refractivity contribution in [1.29, 1.82) is 0 Å². The van der Waals surface area contributed by atoms with Crippen LogP contribution in [-0.4, -0.2) is 26.3 Å². The quantitative estimate of drug-likeness (QED) is 0.915. The molecule has 2 rings (SSSR count). The van der Waals surface area contributed by atoms with Crippen LogP contribution in [0.1, 0.15) is 24.1 Å². The van der Waals surface area contributed by atoms with E-state index in [4.69, 9.17) is 4.74 Å². The van der Waals surface area contributed by atoms with Gasteiger partial charge in [0.1, 0.15) is 17.3 Å². The molecule has 102 valence electrons. The molecule has 2 aromatic rings. The molecule has 0 radical (unpaired) electrons. The summed E-state index contributed by atoms with van der Waals surface area (Å²) in [5, 5.41) is 7.48. The van der Waals surface area contributed by atoms with Gasteiger partial charge in [-0.05, 0) is 27.7 Å². The third kappa shape index (κ3) is 2.83. The molecular weight excluding hydrogens is 242 g/mol. The molecule has 2 aromatic heterocycles. The van der Waals surface area contributed by atoms with E-state index in [1.54, 1.807) is 10.7 Å². The zero-order valence-corrected chi connectivity index (χ0v) is 12.0. The number of anilines is 1. The van der Waals surface area contributed by atoms with Crippen LogP contribution in [0.25, 0.3) is 0 Å². The Labute approximate surface area is 112 Å². The van der Waals surface area contributed by atoms with Crippen LogP contribution in [0.3, 0.4) is 0 Å². The van der Waals surface area contributed by atoms with E-state index in [0.717, 1.165) is 29.5 Å². The minimum absolute atomic E-state index is 0.530. The third-order valence-corrected chi connectivity index (χ3v) is 2.82. The van der Waals surface area contributed by atoms with Gasteiger partial charge in [-0.1, -0.05) is 0 Å². The Balaban J connectivity index is 2.32. The fraction of sp³-hybridized carbons (Fsp3) is 0.462. The molecule has 0 amide bonds. The molecule has 0 bridgehead atoms. The second kappa shape index (κ2) is 5.26. The fourth-order valence-electron chi connectivity index (χ4n) is 1.87. The largest absolute Gasteiger partial charge is 0.435 e. The monoisotopic (exact) mass is 261 g/mol. The third-order valence-electron chi connectivity index (χ3n) is 2.82. The van der Waals surface area contributed by atoms with Gasteiger partial charge in [0.05, 0.1) is 5.69 Å². The Morgan fingerprint density at radius 3 is 2.58 bits per heavy atom. The zero-order chi connectivity index (χ0) is 14.0. The average molecular weight is 261 g/mol. The lowest BCUT2D eigenvalue weighted by atomic mass is 10.3. The molecule has 2 heterocycles. The molecule has 0 saturated carbocycles. The molecule has 6 heteroatoms. The molecule has 0 saturated heterocycles. The molecule has 0 aromatic carbocycles. The van der Waals surface area contributed by atoms with E-state index in [-0.39, 0.29) is 0 Å². The van der Waals surface area contributed by atoms with Gasteiger partial charge >= 0.3 is 0 Å². The fourth-order valence-corrected chi connectivity index (χ4v) is 1.87. The average Bonchev–Trinajstić information content (AvgIpc) is 2.56. The van der Waals surface area contributed by atoms with E-state index >= 15 is 0 Å². The maximum absolute atomic E-state index is 5.85. The Hall–Kier alpha value is -2.11. The molecule has 0 aliphatic heterocycles. The summed E-state index contributed by atoms with van der Waals surface area (Å²) in [5.41, 5.74) is 1.82. The lowest BCUT2D eigenvalue weighted by Gasteiger charge is -2.08. The first-order valence-electron chi connectivity index (χ1n) is 6.29. The number of nitrogens with zero attached hydrogens (tertiary/aromatic N) is 4. The van der Waals surface area contributed by atoms with Gasteiger partial charge in [0.25, 0.3) is 0 Å². The number of ether oxygens (including phenoxy) is 1. The highest BCUT2D eigenvalue weighted by molar-refractivity contribution is 5.41. The van der Waals surface area contributed by atoms with Crippen molar-refractivity contribution in [2.75, 3.05) is 11.9 Å². The van der Waals surface area contributed by atoms with E-state index in [0.29, 0.717) is 11.7 Å². The molecule has 0 aliphatic carbocycles. The second-order valence-electron chi connectivity index (χ2n) is 4.39. The van der Waals surface area contributed by atoms with Crippen molar-refractivity contribution in [1.82, 2.24) is 19.7 Å². The first kappa shape index (κ1) is 13.3. The summed E-state index contributed by atoms with van der Waals surface area (Å²) in [5.74, 6) is 2.72. The van der Waals surface area contributed by atoms with Gasteiger partial charge in [0.15, 0.2) is 5.75 Å². The van der Waals surface area contributed by atoms with E-state index in [2.05, 4.69) is 20.4 Å². The molecule has 0 spiro atoms. The van der Waals surface area contributed by atoms with E-state index < -0.39 is 0 Å². The van der Waals surface area contributed by atoms with Crippen LogP contribution in [0, 0.1) is 20.8 Å². The number of hydrogen-bond acceptors (Lipinski definition) is 5. The lowest BCUT2D eigenvalue weighted by Crippen LogP contribution is -2.03.